The maximum absolute atomic E-state index is 10.9. The third-order valence-corrected chi connectivity index (χ3v) is 4.48. The smallest absolute Gasteiger partial charge is 0.304 e. The fraction of sp³-hybridized carbons (Fsp3) is 0.269. The topological polar surface area (TPSA) is 102 Å². The van der Waals surface area contributed by atoms with Gasteiger partial charge in [0.1, 0.15) is 23.7 Å². The molecule has 1 N–H and O–H groups in total. The number of aliphatic imine (C=N–C) groups is 1. The summed E-state index contributed by atoms with van der Waals surface area (Å²) in [6, 6.07) is 0. The molecular weight excluding hydrogens is 430 g/mol. The summed E-state index contributed by atoms with van der Waals surface area (Å²) in [6.07, 6.45) is 13.8. The molecule has 0 aliphatic carbocycles. The van der Waals surface area contributed by atoms with Gasteiger partial charge in [-0.3, -0.25) is 24.4 Å². The molecule has 0 aromatic carbocycles. The Hall–Kier alpha value is -4.25. The molecule has 2 heterocycles. The molecule has 0 aliphatic heterocycles. The number of aliphatic carboxylic acids is 1. The molecule has 0 fully saturated rings. The van der Waals surface area contributed by atoms with Crippen LogP contribution >= 0.6 is 0 Å². The summed E-state index contributed by atoms with van der Waals surface area (Å²) in [5.74, 6) is 4.89. The minimum Gasteiger partial charge on any atom is -0.489 e. The molecule has 8 nitrogen and oxygen atoms in total. The summed E-state index contributed by atoms with van der Waals surface area (Å²) >= 11 is 0. The summed E-state index contributed by atoms with van der Waals surface area (Å²) < 4.78 is 7.55. The number of carboxylic acids is 1. The van der Waals surface area contributed by atoms with Crippen molar-refractivity contribution in [2.45, 2.75) is 33.7 Å². The first-order valence-corrected chi connectivity index (χ1v) is 10.6. The largest absolute Gasteiger partial charge is 0.489 e. The predicted octanol–water partition coefficient (Wildman–Crippen LogP) is 4.52. The van der Waals surface area contributed by atoms with Crippen LogP contribution in [0.25, 0.3) is 6.08 Å². The van der Waals surface area contributed by atoms with Gasteiger partial charge in [0, 0.05) is 12.1 Å². The molecule has 0 spiro atoms. The van der Waals surface area contributed by atoms with Crippen molar-refractivity contribution in [2.75, 3.05) is 6.61 Å². The van der Waals surface area contributed by atoms with Crippen LogP contribution in [0.2, 0.25) is 0 Å². The van der Waals surface area contributed by atoms with Gasteiger partial charge in [-0.05, 0) is 51.3 Å². The summed E-state index contributed by atoms with van der Waals surface area (Å²) in [5, 5.41) is 13.5. The number of aromatic nitrogens is 4. The molecule has 0 amide bonds. The van der Waals surface area contributed by atoms with Gasteiger partial charge >= 0.3 is 5.97 Å². The number of hydrogen-bond donors (Lipinski definition) is 1. The standard InChI is InChI=1S/C26H29N5O3/c1-6-9-21(13-26(32)33)10-8-11-23(7-2)34-18-19(3)12-24-25(27-5)17-31(30-24)16-22-15-28-20(4)14-29-22/h7-8,10-12,14-15,17,21H,2,5,13,16,18H2,1,3-4H3,(H,32,33)/b10-8+,19-12+,23-11+/t21-/m1/s1. The highest BCUT2D eigenvalue weighted by Gasteiger charge is 2.08. The first-order chi connectivity index (χ1) is 16.3. The fourth-order valence-corrected chi connectivity index (χ4v) is 2.87. The van der Waals surface area contributed by atoms with Gasteiger partial charge in [-0.15, -0.1) is 5.92 Å². The molecule has 1 atom stereocenters. The van der Waals surface area contributed by atoms with Crippen molar-refractivity contribution in [1.29, 1.82) is 0 Å². The van der Waals surface area contributed by atoms with Crippen molar-refractivity contribution in [2.24, 2.45) is 10.9 Å². The maximum Gasteiger partial charge on any atom is 0.304 e. The van der Waals surface area contributed by atoms with Crippen LogP contribution in [0.15, 0.2) is 65.8 Å². The molecule has 0 unspecified atom stereocenters. The molecule has 176 valence electrons. The lowest BCUT2D eigenvalue weighted by atomic mass is 10.1. The van der Waals surface area contributed by atoms with Gasteiger partial charge in [0.2, 0.25) is 0 Å². The molecule has 2 rings (SSSR count). The summed E-state index contributed by atoms with van der Waals surface area (Å²) in [4.78, 5) is 23.6. The van der Waals surface area contributed by atoms with Gasteiger partial charge in [0.25, 0.3) is 0 Å². The van der Waals surface area contributed by atoms with E-state index in [4.69, 9.17) is 9.84 Å². The predicted molar refractivity (Wildman–Crippen MR) is 134 cm³/mol. The number of hydrogen-bond acceptors (Lipinski definition) is 6. The third-order valence-electron chi connectivity index (χ3n) is 4.48. The van der Waals surface area contributed by atoms with E-state index in [0.29, 0.717) is 30.3 Å². The van der Waals surface area contributed by atoms with E-state index >= 15 is 0 Å². The highest BCUT2D eigenvalue weighted by Crippen LogP contribution is 2.21. The molecule has 2 aromatic rings. The van der Waals surface area contributed by atoms with E-state index in [0.717, 1.165) is 17.0 Å². The molecule has 0 aliphatic rings. The molecule has 34 heavy (non-hydrogen) atoms. The van der Waals surface area contributed by atoms with E-state index in [1.54, 1.807) is 54.5 Å². The van der Waals surface area contributed by atoms with E-state index in [2.05, 4.69) is 45.2 Å². The quantitative estimate of drug-likeness (QED) is 0.217. The Morgan fingerprint density at radius 3 is 2.79 bits per heavy atom. The number of aryl methyl sites for hydroxylation is 1. The van der Waals surface area contributed by atoms with Crippen LogP contribution < -0.4 is 0 Å². The second-order valence-corrected chi connectivity index (χ2v) is 7.44. The van der Waals surface area contributed by atoms with E-state index in [9.17, 15) is 4.79 Å². The van der Waals surface area contributed by atoms with Crippen LogP contribution in [0.4, 0.5) is 5.69 Å². The van der Waals surface area contributed by atoms with Crippen molar-refractivity contribution in [3.05, 3.63) is 77.9 Å². The van der Waals surface area contributed by atoms with Gasteiger partial charge in [0.05, 0.1) is 36.7 Å². The Bertz CT molecular complexity index is 1160. The van der Waals surface area contributed by atoms with Gasteiger partial charge in [-0.1, -0.05) is 24.7 Å². The van der Waals surface area contributed by atoms with Crippen LogP contribution in [0, 0.1) is 24.7 Å². The van der Waals surface area contributed by atoms with Crippen LogP contribution in [-0.2, 0) is 16.1 Å². The average Bonchev–Trinajstić information content (AvgIpc) is 3.18. The lowest BCUT2D eigenvalue weighted by molar-refractivity contribution is -0.137. The van der Waals surface area contributed by atoms with Crippen molar-refractivity contribution >= 4 is 24.5 Å². The van der Waals surface area contributed by atoms with E-state index in [1.165, 1.54) is 0 Å². The highest BCUT2D eigenvalue weighted by molar-refractivity contribution is 5.68. The first kappa shape index (κ1) is 26.0. The van der Waals surface area contributed by atoms with Crippen LogP contribution in [0.3, 0.4) is 0 Å². The lowest BCUT2D eigenvalue weighted by Gasteiger charge is -2.07. The fourth-order valence-electron chi connectivity index (χ4n) is 2.87. The Morgan fingerprint density at radius 2 is 2.18 bits per heavy atom. The highest BCUT2D eigenvalue weighted by atomic mass is 16.5. The second kappa shape index (κ2) is 13.3. The summed E-state index contributed by atoms with van der Waals surface area (Å²) in [6.45, 7) is 13.7. The van der Waals surface area contributed by atoms with E-state index in [1.807, 2.05) is 19.9 Å². The zero-order valence-electron chi connectivity index (χ0n) is 19.7. The molecule has 0 radical (unpaired) electrons. The molecule has 0 bridgehead atoms. The monoisotopic (exact) mass is 459 g/mol. The maximum atomic E-state index is 10.9. The number of carboxylic acid groups (broad SMARTS) is 1. The third kappa shape index (κ3) is 8.71. The van der Waals surface area contributed by atoms with Crippen LogP contribution in [0.5, 0.6) is 0 Å². The number of rotatable bonds is 12. The minimum atomic E-state index is -0.898. The summed E-state index contributed by atoms with van der Waals surface area (Å²) in [7, 11) is 0. The van der Waals surface area contributed by atoms with Crippen molar-refractivity contribution in [1.82, 2.24) is 19.7 Å². The van der Waals surface area contributed by atoms with Gasteiger partial charge < -0.3 is 9.84 Å². The number of ether oxygens (including phenoxy) is 1. The van der Waals surface area contributed by atoms with Crippen LogP contribution in [0.1, 0.15) is 37.4 Å². The Kier molecular flexibility index (Phi) is 10.2. The van der Waals surface area contributed by atoms with Crippen LogP contribution in [-0.4, -0.2) is 44.1 Å². The summed E-state index contributed by atoms with van der Waals surface area (Å²) in [5.41, 5.74) is 3.90. The van der Waals surface area contributed by atoms with Crippen molar-refractivity contribution in [3.63, 3.8) is 0 Å². The Balaban J connectivity index is 2.05. The van der Waals surface area contributed by atoms with Gasteiger partial charge in [0.15, 0.2) is 0 Å². The number of allylic oxidation sites excluding steroid dienone is 4. The molecule has 0 saturated heterocycles. The SMILES string of the molecule is C=C/C(=C\C=C\[C@@H](C#CC)CC(=O)O)OC/C(C)=C/c1nn(Cc2cnc(C)cn2)cc1N=C. The zero-order valence-corrected chi connectivity index (χ0v) is 19.7. The Morgan fingerprint density at radius 1 is 1.38 bits per heavy atom. The van der Waals surface area contributed by atoms with Crippen molar-refractivity contribution in [3.8, 4) is 11.8 Å². The second-order valence-electron chi connectivity index (χ2n) is 7.44. The Labute approximate surface area is 200 Å². The molecule has 0 saturated carbocycles. The van der Waals surface area contributed by atoms with Gasteiger partial charge in [-0.25, -0.2) is 0 Å². The molecular formula is C26H29N5O3. The molecule has 2 aromatic heterocycles. The number of carbonyl (C=O) groups is 1. The molecule has 8 heteroatoms. The zero-order chi connectivity index (χ0) is 24.9. The van der Waals surface area contributed by atoms with Crippen molar-refractivity contribution < 1.29 is 14.6 Å². The minimum absolute atomic E-state index is 0.0554. The normalized spacial score (nSPS) is 12.7. The van der Waals surface area contributed by atoms with Gasteiger partial charge in [-0.2, -0.15) is 5.10 Å². The van der Waals surface area contributed by atoms with E-state index in [-0.39, 0.29) is 12.3 Å². The van der Waals surface area contributed by atoms with E-state index < -0.39 is 5.97 Å². The first-order valence-electron chi connectivity index (χ1n) is 10.6. The average molecular weight is 460 g/mol. The number of nitrogens with zero attached hydrogens (tertiary/aromatic N) is 5. The lowest BCUT2D eigenvalue weighted by Crippen LogP contribution is -2.03.